The summed E-state index contributed by atoms with van der Waals surface area (Å²) in [4.78, 5) is 29.5. The van der Waals surface area contributed by atoms with Crippen LogP contribution in [0.15, 0.2) is 164 Å². The molecule has 8 aromatic rings. The quantitative estimate of drug-likeness (QED) is 0.136. The molecule has 58 heavy (non-hydrogen) atoms. The Morgan fingerprint density at radius 3 is 2.43 bits per heavy atom. The lowest BCUT2D eigenvalue weighted by Gasteiger charge is -2.26. The van der Waals surface area contributed by atoms with Gasteiger partial charge in [-0.15, -0.1) is 0 Å². The van der Waals surface area contributed by atoms with Crippen molar-refractivity contribution in [2.24, 2.45) is 0 Å². The number of dihydropyridines is 1. The van der Waals surface area contributed by atoms with Crippen LogP contribution in [-0.2, 0) is 0 Å². The van der Waals surface area contributed by atoms with Crippen molar-refractivity contribution in [3.63, 3.8) is 0 Å². The van der Waals surface area contributed by atoms with Crippen LogP contribution in [0.1, 0.15) is 41.0 Å². The first-order valence-electron chi connectivity index (χ1n) is 19.1. The Bertz CT molecular complexity index is 3180. The molecule has 11 rings (SSSR count). The molecule has 9 heteroatoms. The maximum absolute atomic E-state index is 16.2. The van der Waals surface area contributed by atoms with E-state index in [1.807, 2.05) is 61.1 Å². The van der Waals surface area contributed by atoms with E-state index in [-0.39, 0.29) is 23.6 Å². The molecule has 0 spiro atoms. The van der Waals surface area contributed by atoms with Crippen molar-refractivity contribution in [3.05, 3.63) is 190 Å². The Morgan fingerprint density at radius 2 is 1.48 bits per heavy atom. The van der Waals surface area contributed by atoms with E-state index < -0.39 is 0 Å². The van der Waals surface area contributed by atoms with Crippen molar-refractivity contribution in [3.8, 4) is 33.9 Å². The Morgan fingerprint density at radius 1 is 0.672 bits per heavy atom. The van der Waals surface area contributed by atoms with Gasteiger partial charge in [-0.2, -0.15) is 0 Å². The Hall–Kier alpha value is -6.72. The third kappa shape index (κ3) is 6.10. The van der Waals surface area contributed by atoms with Crippen LogP contribution in [0.4, 0.5) is 4.39 Å². The third-order valence-electron chi connectivity index (χ3n) is 11.1. The molecule has 0 saturated heterocycles. The first-order chi connectivity index (χ1) is 28.5. The molecule has 4 aromatic carbocycles. The Labute approximate surface area is 346 Å². The lowest BCUT2D eigenvalue weighted by molar-refractivity contribution is 0.649. The molecular formula is C49H31FIN7. The highest BCUT2D eigenvalue weighted by atomic mass is 127. The molecule has 0 amide bonds. The van der Waals surface area contributed by atoms with Gasteiger partial charge in [0.25, 0.3) is 0 Å². The maximum atomic E-state index is 16.2. The molecule has 1 aliphatic heterocycles. The van der Waals surface area contributed by atoms with Gasteiger partial charge in [0.15, 0.2) is 17.5 Å². The van der Waals surface area contributed by atoms with Crippen molar-refractivity contribution >= 4 is 66.8 Å². The number of aromatic nitrogens is 6. The predicted molar refractivity (Wildman–Crippen MR) is 238 cm³/mol. The zero-order chi connectivity index (χ0) is 38.7. The van der Waals surface area contributed by atoms with E-state index in [1.165, 1.54) is 5.57 Å². The number of nitrogens with one attached hydrogen (secondary N) is 1. The second-order valence-corrected chi connectivity index (χ2v) is 15.8. The van der Waals surface area contributed by atoms with Gasteiger partial charge in [-0.1, -0.05) is 85.0 Å². The molecule has 0 saturated carbocycles. The number of benzene rings is 4. The van der Waals surface area contributed by atoms with Gasteiger partial charge in [-0.25, -0.2) is 19.3 Å². The predicted octanol–water partition coefficient (Wildman–Crippen LogP) is 11.7. The topological polar surface area (TPSA) is 89.4 Å². The van der Waals surface area contributed by atoms with E-state index in [2.05, 4.69) is 118 Å². The number of pyridine rings is 3. The lowest BCUT2D eigenvalue weighted by Crippen LogP contribution is -2.23. The van der Waals surface area contributed by atoms with Crippen molar-refractivity contribution in [1.29, 1.82) is 0 Å². The summed E-state index contributed by atoms with van der Waals surface area (Å²) in [5.74, 6) is 0.693. The van der Waals surface area contributed by atoms with Crippen LogP contribution < -0.4 is 5.32 Å². The summed E-state index contributed by atoms with van der Waals surface area (Å²) >= 11 is 2.33. The largest absolute Gasteiger partial charge is 0.379 e. The van der Waals surface area contributed by atoms with Crippen molar-refractivity contribution < 1.29 is 4.39 Å². The van der Waals surface area contributed by atoms with Crippen LogP contribution in [0.3, 0.4) is 0 Å². The van der Waals surface area contributed by atoms with Gasteiger partial charge >= 0.3 is 0 Å². The van der Waals surface area contributed by atoms with Crippen LogP contribution in [-0.4, -0.2) is 29.9 Å². The minimum atomic E-state index is -0.362. The van der Waals surface area contributed by atoms with Crippen molar-refractivity contribution in [2.45, 2.75) is 18.4 Å². The van der Waals surface area contributed by atoms with Crippen LogP contribution in [0.5, 0.6) is 0 Å². The smallest absolute Gasteiger partial charge is 0.166 e. The summed E-state index contributed by atoms with van der Waals surface area (Å²) < 4.78 is 17.1. The average Bonchev–Trinajstić information content (AvgIpc) is 3.28. The van der Waals surface area contributed by atoms with E-state index in [0.29, 0.717) is 23.6 Å². The highest BCUT2D eigenvalue weighted by Gasteiger charge is 2.26. The lowest BCUT2D eigenvalue weighted by atomic mass is 9.89. The summed E-state index contributed by atoms with van der Waals surface area (Å²) in [7, 11) is 0. The summed E-state index contributed by atoms with van der Waals surface area (Å²) in [5.41, 5.74) is 9.84. The number of rotatable bonds is 5. The molecule has 3 aliphatic rings. The molecule has 0 bridgehead atoms. The molecule has 0 radical (unpaired) electrons. The fraction of sp³-hybridized carbons (Fsp3) is 0.0612. The highest BCUT2D eigenvalue weighted by Crippen LogP contribution is 2.39. The molecule has 2 atom stereocenters. The minimum Gasteiger partial charge on any atom is -0.379 e. The summed E-state index contributed by atoms with van der Waals surface area (Å²) in [6.45, 7) is 0. The average molecular weight is 864 g/mol. The Kier molecular flexibility index (Phi) is 8.35. The first-order valence-corrected chi connectivity index (χ1v) is 20.2. The van der Waals surface area contributed by atoms with E-state index >= 15 is 4.39 Å². The van der Waals surface area contributed by atoms with Crippen LogP contribution >= 0.6 is 22.6 Å². The summed E-state index contributed by atoms with van der Waals surface area (Å²) in [6.07, 6.45) is 20.0. The van der Waals surface area contributed by atoms with Crippen LogP contribution in [0.2, 0.25) is 0 Å². The SMILES string of the molecule is FC1=CCC(c2cnc3c(ccc4cccnc43)c2)C=C1c1nc(-c2ccc3ccccc3c2)nc(-c2cc(-c3cnc4c(c3)C=CC3=CC=CNC34)ccc2I)n1. The van der Waals surface area contributed by atoms with Gasteiger partial charge in [0.1, 0.15) is 5.83 Å². The molecule has 7 nitrogen and oxygen atoms in total. The molecule has 4 aromatic heterocycles. The van der Waals surface area contributed by atoms with Gasteiger partial charge in [-0.05, 0) is 117 Å². The first kappa shape index (κ1) is 34.5. The molecule has 1 N–H and O–H groups in total. The number of nitrogens with zero attached hydrogens (tertiary/aromatic N) is 6. The molecule has 276 valence electrons. The van der Waals surface area contributed by atoms with E-state index in [0.717, 1.165) is 75.2 Å². The zero-order valence-electron chi connectivity index (χ0n) is 30.8. The Balaban J connectivity index is 1.03. The number of fused-ring (bicyclic) bond motifs is 7. The molecule has 5 heterocycles. The second-order valence-electron chi connectivity index (χ2n) is 14.7. The summed E-state index contributed by atoms with van der Waals surface area (Å²) in [6, 6.07) is 33.0. The van der Waals surface area contributed by atoms with Gasteiger partial charge in [0.05, 0.1) is 28.3 Å². The molecule has 2 aliphatic carbocycles. The number of halogens is 2. The molecular weight excluding hydrogens is 832 g/mol. The number of allylic oxidation sites excluding steroid dienone is 6. The molecule has 0 fully saturated rings. The standard InChI is InChI=1S/C49H31FIN7/c50-41-17-15-32(37-22-34-12-10-29-7-3-19-52-43(29)45(34)54-26-37)24-39(41)48-56-47(36-14-9-28-5-1-2-6-31(28)21-36)57-49(58-48)40-25-33(16-18-42(40)51)38-23-35-13-11-30-8-4-20-53-44(30)46(35)55-27-38/h1-14,16-27,32,44,53H,15H2. The van der Waals surface area contributed by atoms with Gasteiger partial charge in [-0.3, -0.25) is 15.0 Å². The van der Waals surface area contributed by atoms with Gasteiger partial charge in [0, 0.05) is 55.5 Å². The van der Waals surface area contributed by atoms with E-state index in [4.69, 9.17) is 24.9 Å². The number of hydrogen-bond acceptors (Lipinski definition) is 7. The summed E-state index contributed by atoms with van der Waals surface area (Å²) in [5, 5.41) is 7.63. The minimum absolute atomic E-state index is 0.0294. The fourth-order valence-electron chi connectivity index (χ4n) is 8.11. The van der Waals surface area contributed by atoms with Gasteiger partial charge in [0.2, 0.25) is 0 Å². The monoisotopic (exact) mass is 863 g/mol. The fourth-order valence-corrected chi connectivity index (χ4v) is 8.69. The van der Waals surface area contributed by atoms with Crippen LogP contribution in [0, 0.1) is 3.57 Å². The van der Waals surface area contributed by atoms with E-state index in [1.54, 1.807) is 12.3 Å². The number of hydrogen-bond donors (Lipinski definition) is 1. The second kappa shape index (κ2) is 14.0. The van der Waals surface area contributed by atoms with Gasteiger partial charge < -0.3 is 5.32 Å². The normalized spacial score (nSPS) is 17.0. The highest BCUT2D eigenvalue weighted by molar-refractivity contribution is 14.1. The van der Waals surface area contributed by atoms with E-state index in [9.17, 15) is 0 Å². The maximum Gasteiger partial charge on any atom is 0.166 e. The van der Waals surface area contributed by atoms with Crippen molar-refractivity contribution in [1.82, 2.24) is 35.2 Å². The third-order valence-corrected chi connectivity index (χ3v) is 12.1. The van der Waals surface area contributed by atoms with Crippen molar-refractivity contribution in [2.75, 3.05) is 0 Å². The zero-order valence-corrected chi connectivity index (χ0v) is 33.0. The van der Waals surface area contributed by atoms with Crippen LogP contribution in [0.25, 0.3) is 78.1 Å². The molecule has 2 unspecified atom stereocenters.